The average Bonchev–Trinajstić information content (AvgIpc) is 3.06. The first-order valence-corrected chi connectivity index (χ1v) is 8.16. The minimum absolute atomic E-state index is 0.0869. The Morgan fingerprint density at radius 3 is 2.90 bits per heavy atom. The highest BCUT2D eigenvalue weighted by molar-refractivity contribution is 7.10. The van der Waals surface area contributed by atoms with Gasteiger partial charge in [0, 0.05) is 10.9 Å². The van der Waals surface area contributed by atoms with Gasteiger partial charge in [0.1, 0.15) is 0 Å². The number of hydrogen-bond acceptors (Lipinski definition) is 4. The minimum Gasteiger partial charge on any atom is -0.379 e. The molecular formula is C15H24N2O2S. The summed E-state index contributed by atoms with van der Waals surface area (Å²) in [7, 11) is 0. The van der Waals surface area contributed by atoms with E-state index in [0.717, 1.165) is 6.54 Å². The standard InChI is InChI=1S/C15H24N2O2S/c1-4-16-12-9-19-8-11(12)15(18)17-14(10(2)3)13-6-5-7-20-13/h5-7,10-12,14,16H,4,8-9H2,1-3H3,(H,17,18). The zero-order valence-electron chi connectivity index (χ0n) is 12.4. The van der Waals surface area contributed by atoms with Crippen molar-refractivity contribution in [1.29, 1.82) is 0 Å². The maximum Gasteiger partial charge on any atom is 0.227 e. The van der Waals surface area contributed by atoms with Crippen LogP contribution in [0.4, 0.5) is 0 Å². The van der Waals surface area contributed by atoms with E-state index in [-0.39, 0.29) is 23.9 Å². The molecule has 1 fully saturated rings. The lowest BCUT2D eigenvalue weighted by Gasteiger charge is -2.25. The number of hydrogen-bond donors (Lipinski definition) is 2. The number of carbonyl (C=O) groups is 1. The monoisotopic (exact) mass is 296 g/mol. The van der Waals surface area contributed by atoms with Crippen LogP contribution in [-0.2, 0) is 9.53 Å². The number of amides is 1. The maximum atomic E-state index is 12.5. The fourth-order valence-corrected chi connectivity index (χ4v) is 3.52. The predicted molar refractivity (Wildman–Crippen MR) is 81.8 cm³/mol. The van der Waals surface area contributed by atoms with Gasteiger partial charge >= 0.3 is 0 Å². The third-order valence-corrected chi connectivity index (χ3v) is 4.65. The van der Waals surface area contributed by atoms with Crippen LogP contribution in [0, 0.1) is 11.8 Å². The summed E-state index contributed by atoms with van der Waals surface area (Å²) < 4.78 is 5.46. The Kier molecular flexibility index (Phi) is 5.57. The zero-order chi connectivity index (χ0) is 14.5. The van der Waals surface area contributed by atoms with Gasteiger partial charge in [-0.05, 0) is 23.9 Å². The Morgan fingerprint density at radius 1 is 1.50 bits per heavy atom. The lowest BCUT2D eigenvalue weighted by Crippen LogP contribution is -2.45. The van der Waals surface area contributed by atoms with Crippen molar-refractivity contribution in [1.82, 2.24) is 10.6 Å². The van der Waals surface area contributed by atoms with Crippen molar-refractivity contribution in [3.05, 3.63) is 22.4 Å². The number of nitrogens with one attached hydrogen (secondary N) is 2. The van der Waals surface area contributed by atoms with Gasteiger partial charge < -0.3 is 15.4 Å². The van der Waals surface area contributed by atoms with E-state index in [2.05, 4.69) is 42.9 Å². The molecule has 3 unspecified atom stereocenters. The predicted octanol–water partition coefficient (Wildman–Crippen LogP) is 2.19. The average molecular weight is 296 g/mol. The van der Waals surface area contributed by atoms with Crippen molar-refractivity contribution < 1.29 is 9.53 Å². The molecule has 1 aliphatic rings. The van der Waals surface area contributed by atoms with Gasteiger partial charge in [-0.15, -0.1) is 11.3 Å². The molecule has 0 aliphatic carbocycles. The highest BCUT2D eigenvalue weighted by Crippen LogP contribution is 2.27. The van der Waals surface area contributed by atoms with Crippen LogP contribution in [0.2, 0.25) is 0 Å². The third-order valence-electron chi connectivity index (χ3n) is 3.70. The first-order valence-electron chi connectivity index (χ1n) is 7.28. The number of thiophene rings is 1. The Balaban J connectivity index is 2.01. The Morgan fingerprint density at radius 2 is 2.30 bits per heavy atom. The summed E-state index contributed by atoms with van der Waals surface area (Å²) in [5.74, 6) is 0.384. The van der Waals surface area contributed by atoms with Crippen molar-refractivity contribution in [3.8, 4) is 0 Å². The second-order valence-electron chi connectivity index (χ2n) is 5.55. The van der Waals surface area contributed by atoms with Crippen molar-refractivity contribution in [3.63, 3.8) is 0 Å². The van der Waals surface area contributed by atoms with Gasteiger partial charge in [-0.2, -0.15) is 0 Å². The molecule has 3 atom stereocenters. The SMILES string of the molecule is CCNC1COCC1C(=O)NC(c1cccs1)C(C)C. The summed E-state index contributed by atoms with van der Waals surface area (Å²) in [6, 6.07) is 4.34. The number of ether oxygens (including phenoxy) is 1. The van der Waals surface area contributed by atoms with Gasteiger partial charge in [0.25, 0.3) is 0 Å². The van der Waals surface area contributed by atoms with Crippen LogP contribution < -0.4 is 10.6 Å². The zero-order valence-corrected chi connectivity index (χ0v) is 13.2. The van der Waals surface area contributed by atoms with Crippen LogP contribution in [-0.4, -0.2) is 31.7 Å². The summed E-state index contributed by atoms with van der Waals surface area (Å²) >= 11 is 1.69. The summed E-state index contributed by atoms with van der Waals surface area (Å²) in [5.41, 5.74) is 0. The van der Waals surface area contributed by atoms with Crippen LogP contribution in [0.1, 0.15) is 31.7 Å². The number of rotatable bonds is 6. The molecule has 2 N–H and O–H groups in total. The van der Waals surface area contributed by atoms with Crippen molar-refractivity contribution in [2.75, 3.05) is 19.8 Å². The number of carbonyl (C=O) groups excluding carboxylic acids is 1. The molecule has 0 spiro atoms. The number of likely N-dealkylation sites (N-methyl/N-ethyl adjacent to an activating group) is 1. The molecule has 1 aromatic heterocycles. The fourth-order valence-electron chi connectivity index (χ4n) is 2.57. The lowest BCUT2D eigenvalue weighted by atomic mass is 9.98. The van der Waals surface area contributed by atoms with Crippen molar-refractivity contribution in [2.24, 2.45) is 11.8 Å². The quantitative estimate of drug-likeness (QED) is 0.846. The molecule has 2 heterocycles. The molecule has 1 saturated heterocycles. The van der Waals surface area contributed by atoms with E-state index in [0.29, 0.717) is 19.1 Å². The Bertz CT molecular complexity index is 420. The minimum atomic E-state index is -0.0869. The second kappa shape index (κ2) is 7.20. The Labute approximate surface area is 124 Å². The Hall–Kier alpha value is -0.910. The van der Waals surface area contributed by atoms with E-state index >= 15 is 0 Å². The van der Waals surface area contributed by atoms with Crippen molar-refractivity contribution in [2.45, 2.75) is 32.9 Å². The molecule has 4 nitrogen and oxygen atoms in total. The molecule has 0 radical (unpaired) electrons. The van der Waals surface area contributed by atoms with Gasteiger partial charge in [-0.3, -0.25) is 4.79 Å². The van der Waals surface area contributed by atoms with Crippen LogP contribution in [0.5, 0.6) is 0 Å². The van der Waals surface area contributed by atoms with Gasteiger partial charge in [0.15, 0.2) is 0 Å². The smallest absolute Gasteiger partial charge is 0.227 e. The largest absolute Gasteiger partial charge is 0.379 e. The van der Waals surface area contributed by atoms with Gasteiger partial charge in [-0.25, -0.2) is 0 Å². The molecule has 1 aromatic rings. The van der Waals surface area contributed by atoms with E-state index in [4.69, 9.17) is 4.74 Å². The van der Waals surface area contributed by atoms with Crippen molar-refractivity contribution >= 4 is 17.2 Å². The molecule has 1 aliphatic heterocycles. The highest BCUT2D eigenvalue weighted by atomic mass is 32.1. The summed E-state index contributed by atoms with van der Waals surface area (Å²) in [6.45, 7) is 8.32. The van der Waals surface area contributed by atoms with E-state index in [9.17, 15) is 4.79 Å². The summed E-state index contributed by atoms with van der Waals surface area (Å²) in [4.78, 5) is 13.7. The van der Waals surface area contributed by atoms with E-state index in [1.165, 1.54) is 4.88 Å². The molecule has 1 amide bonds. The van der Waals surface area contributed by atoms with Crippen LogP contribution in [0.25, 0.3) is 0 Å². The molecule has 2 rings (SSSR count). The lowest BCUT2D eigenvalue weighted by molar-refractivity contribution is -0.126. The topological polar surface area (TPSA) is 50.4 Å². The fraction of sp³-hybridized carbons (Fsp3) is 0.667. The first-order chi connectivity index (χ1) is 9.63. The summed E-state index contributed by atoms with van der Waals surface area (Å²) in [5, 5.41) is 8.58. The van der Waals surface area contributed by atoms with E-state index in [1.54, 1.807) is 11.3 Å². The molecule has 5 heteroatoms. The van der Waals surface area contributed by atoms with Crippen LogP contribution >= 0.6 is 11.3 Å². The summed E-state index contributed by atoms with van der Waals surface area (Å²) in [6.07, 6.45) is 0. The molecule has 0 bridgehead atoms. The van der Waals surface area contributed by atoms with E-state index in [1.807, 2.05) is 6.07 Å². The normalized spacial score (nSPS) is 24.0. The molecule has 112 valence electrons. The third kappa shape index (κ3) is 3.59. The molecule has 20 heavy (non-hydrogen) atoms. The highest BCUT2D eigenvalue weighted by Gasteiger charge is 2.35. The van der Waals surface area contributed by atoms with Crippen LogP contribution in [0.15, 0.2) is 17.5 Å². The maximum absolute atomic E-state index is 12.5. The molecule has 0 saturated carbocycles. The second-order valence-corrected chi connectivity index (χ2v) is 6.53. The van der Waals surface area contributed by atoms with E-state index < -0.39 is 0 Å². The van der Waals surface area contributed by atoms with Crippen LogP contribution in [0.3, 0.4) is 0 Å². The molecular weight excluding hydrogens is 272 g/mol. The first kappa shape index (κ1) is 15.5. The van der Waals surface area contributed by atoms with Gasteiger partial charge in [-0.1, -0.05) is 26.8 Å². The molecule has 0 aromatic carbocycles. The van der Waals surface area contributed by atoms with Gasteiger partial charge in [0.2, 0.25) is 5.91 Å². The van der Waals surface area contributed by atoms with Gasteiger partial charge in [0.05, 0.1) is 25.2 Å².